The molecule has 202 valence electrons. The largest absolute Gasteiger partial charge is 0.493 e. The number of rotatable bonds is 7. The van der Waals surface area contributed by atoms with Crippen LogP contribution < -0.4 is 30.4 Å². The number of hydrogen-bond donors (Lipinski definition) is 3. The van der Waals surface area contributed by atoms with E-state index < -0.39 is 11.8 Å². The second-order valence-corrected chi connectivity index (χ2v) is 11.0. The van der Waals surface area contributed by atoms with Crippen LogP contribution in [0.4, 0.5) is 5.69 Å². The van der Waals surface area contributed by atoms with Gasteiger partial charge in [0.15, 0.2) is 11.5 Å². The standard InChI is InChI=1S/C29H35N3O6/c1-16-5-6-22(30-28(35)29-13-17-8-18(14-29)10-19(9-17)15-29)21(7-16)27(34)32-31-26(33)20-11-23(36-2)25(38-4)24(12-20)37-3/h5-7,11-12,17-19H,8-10,13-15H2,1-4H3,(H,30,35)(H,31,33)(H,32,34). The van der Waals surface area contributed by atoms with Gasteiger partial charge in [0, 0.05) is 5.56 Å². The number of benzene rings is 2. The Balaban J connectivity index is 1.30. The molecule has 0 unspecified atom stereocenters. The van der Waals surface area contributed by atoms with Crippen molar-refractivity contribution in [3.05, 3.63) is 47.0 Å². The van der Waals surface area contributed by atoms with Gasteiger partial charge in [0.05, 0.1) is 38.0 Å². The van der Waals surface area contributed by atoms with Gasteiger partial charge in [0.2, 0.25) is 11.7 Å². The molecular weight excluding hydrogens is 486 g/mol. The number of anilines is 1. The quantitative estimate of drug-likeness (QED) is 0.470. The molecule has 4 bridgehead atoms. The molecule has 2 aromatic carbocycles. The van der Waals surface area contributed by atoms with Gasteiger partial charge in [-0.15, -0.1) is 0 Å². The first-order valence-corrected chi connectivity index (χ1v) is 13.1. The first-order valence-electron chi connectivity index (χ1n) is 13.1. The Labute approximate surface area is 222 Å². The fourth-order valence-corrected chi connectivity index (χ4v) is 7.06. The van der Waals surface area contributed by atoms with Crippen molar-refractivity contribution in [2.24, 2.45) is 23.2 Å². The summed E-state index contributed by atoms with van der Waals surface area (Å²) >= 11 is 0. The molecule has 0 atom stereocenters. The Bertz CT molecular complexity index is 1210. The Morgan fingerprint density at radius 2 is 1.34 bits per heavy atom. The highest BCUT2D eigenvalue weighted by atomic mass is 16.5. The van der Waals surface area contributed by atoms with Crippen LogP contribution in [0, 0.1) is 30.1 Å². The Morgan fingerprint density at radius 1 is 0.789 bits per heavy atom. The van der Waals surface area contributed by atoms with Crippen LogP contribution in [0.15, 0.2) is 30.3 Å². The summed E-state index contributed by atoms with van der Waals surface area (Å²) < 4.78 is 15.9. The summed E-state index contributed by atoms with van der Waals surface area (Å²) in [5, 5.41) is 3.08. The van der Waals surface area contributed by atoms with E-state index in [1.54, 1.807) is 12.1 Å². The van der Waals surface area contributed by atoms with Crippen LogP contribution in [0.3, 0.4) is 0 Å². The van der Waals surface area contributed by atoms with Crippen LogP contribution in [0.2, 0.25) is 0 Å². The lowest BCUT2D eigenvalue weighted by Gasteiger charge is -2.55. The predicted octanol–water partition coefficient (Wildman–Crippen LogP) is 4.25. The molecule has 9 nitrogen and oxygen atoms in total. The van der Waals surface area contributed by atoms with Crippen LogP contribution in [0.25, 0.3) is 0 Å². The first-order chi connectivity index (χ1) is 18.2. The van der Waals surface area contributed by atoms with Crippen LogP contribution in [-0.2, 0) is 4.79 Å². The van der Waals surface area contributed by atoms with E-state index in [1.165, 1.54) is 52.7 Å². The van der Waals surface area contributed by atoms with Crippen molar-refractivity contribution in [3.8, 4) is 17.2 Å². The molecule has 0 spiro atoms. The van der Waals surface area contributed by atoms with Crippen molar-refractivity contribution >= 4 is 23.4 Å². The number of amides is 3. The highest BCUT2D eigenvalue weighted by Crippen LogP contribution is 2.60. The minimum Gasteiger partial charge on any atom is -0.493 e. The fraction of sp³-hybridized carbons (Fsp3) is 0.483. The number of methoxy groups -OCH3 is 3. The fourth-order valence-electron chi connectivity index (χ4n) is 7.06. The topological polar surface area (TPSA) is 115 Å². The summed E-state index contributed by atoms with van der Waals surface area (Å²) in [5.41, 5.74) is 6.37. The van der Waals surface area contributed by atoms with Gasteiger partial charge in [0.1, 0.15) is 0 Å². The van der Waals surface area contributed by atoms with Gasteiger partial charge in [-0.05, 0) is 87.5 Å². The zero-order valence-electron chi connectivity index (χ0n) is 22.3. The number of hydrazine groups is 1. The van der Waals surface area contributed by atoms with Crippen molar-refractivity contribution in [3.63, 3.8) is 0 Å². The molecule has 3 amide bonds. The molecule has 0 aliphatic heterocycles. The van der Waals surface area contributed by atoms with Crippen LogP contribution >= 0.6 is 0 Å². The lowest BCUT2D eigenvalue weighted by atomic mass is 9.49. The third kappa shape index (κ3) is 4.77. The summed E-state index contributed by atoms with van der Waals surface area (Å²) in [6.07, 6.45) is 6.54. The van der Waals surface area contributed by atoms with Gasteiger partial charge >= 0.3 is 0 Å². The Hall–Kier alpha value is -3.75. The summed E-state index contributed by atoms with van der Waals surface area (Å²) in [4.78, 5) is 39.6. The zero-order chi connectivity index (χ0) is 27.0. The average Bonchev–Trinajstić information content (AvgIpc) is 2.90. The molecule has 4 aliphatic carbocycles. The van der Waals surface area contributed by atoms with Crippen molar-refractivity contribution in [2.45, 2.75) is 45.4 Å². The molecule has 0 aromatic heterocycles. The minimum absolute atomic E-state index is 0.0101. The van der Waals surface area contributed by atoms with E-state index in [-0.39, 0.29) is 22.4 Å². The van der Waals surface area contributed by atoms with Crippen LogP contribution in [-0.4, -0.2) is 39.1 Å². The maximum Gasteiger partial charge on any atom is 0.271 e. The summed E-state index contributed by atoms with van der Waals surface area (Å²) in [5.74, 6) is 1.81. The van der Waals surface area contributed by atoms with Gasteiger partial charge < -0.3 is 19.5 Å². The van der Waals surface area contributed by atoms with E-state index in [0.29, 0.717) is 40.7 Å². The predicted molar refractivity (Wildman–Crippen MR) is 141 cm³/mol. The van der Waals surface area contributed by atoms with Gasteiger partial charge in [-0.1, -0.05) is 11.6 Å². The monoisotopic (exact) mass is 521 g/mol. The van der Waals surface area contributed by atoms with E-state index in [1.807, 2.05) is 13.0 Å². The Kier molecular flexibility index (Phi) is 6.94. The number of carbonyl (C=O) groups is 3. The zero-order valence-corrected chi connectivity index (χ0v) is 22.3. The van der Waals surface area contributed by atoms with E-state index in [4.69, 9.17) is 14.2 Å². The summed E-state index contributed by atoms with van der Waals surface area (Å²) in [7, 11) is 4.39. The van der Waals surface area contributed by atoms with Gasteiger partial charge in [-0.25, -0.2) is 0 Å². The minimum atomic E-state index is -0.565. The number of ether oxygens (including phenoxy) is 3. The smallest absolute Gasteiger partial charge is 0.271 e. The number of aryl methyl sites for hydroxylation is 1. The highest BCUT2D eigenvalue weighted by Gasteiger charge is 2.54. The van der Waals surface area contributed by atoms with E-state index in [2.05, 4.69) is 16.2 Å². The Morgan fingerprint density at radius 3 is 1.87 bits per heavy atom. The molecular formula is C29H35N3O6. The van der Waals surface area contributed by atoms with Crippen LogP contribution in [0.1, 0.15) is 64.8 Å². The molecule has 4 saturated carbocycles. The maximum absolute atomic E-state index is 13.6. The van der Waals surface area contributed by atoms with Gasteiger partial charge in [0.25, 0.3) is 11.8 Å². The lowest BCUT2D eigenvalue weighted by molar-refractivity contribution is -0.140. The third-order valence-electron chi connectivity index (χ3n) is 8.40. The summed E-state index contributed by atoms with van der Waals surface area (Å²) in [6.45, 7) is 1.87. The molecule has 0 heterocycles. The second-order valence-electron chi connectivity index (χ2n) is 11.0. The summed E-state index contributed by atoms with van der Waals surface area (Å²) in [6, 6.07) is 8.31. The molecule has 38 heavy (non-hydrogen) atoms. The number of hydrogen-bond acceptors (Lipinski definition) is 6. The van der Waals surface area contributed by atoms with Crippen molar-refractivity contribution < 1.29 is 28.6 Å². The highest BCUT2D eigenvalue weighted by molar-refractivity contribution is 6.06. The second kappa shape index (κ2) is 10.2. The lowest BCUT2D eigenvalue weighted by Crippen LogP contribution is -2.52. The normalized spacial score (nSPS) is 24.9. The van der Waals surface area contributed by atoms with Crippen molar-refractivity contribution in [1.82, 2.24) is 10.9 Å². The van der Waals surface area contributed by atoms with Crippen LogP contribution in [0.5, 0.6) is 17.2 Å². The van der Waals surface area contributed by atoms with E-state index >= 15 is 0 Å². The van der Waals surface area contributed by atoms with Gasteiger partial charge in [-0.3, -0.25) is 25.2 Å². The van der Waals surface area contributed by atoms with Crippen molar-refractivity contribution in [1.29, 1.82) is 0 Å². The molecule has 2 aromatic rings. The van der Waals surface area contributed by atoms with E-state index in [0.717, 1.165) is 24.8 Å². The third-order valence-corrected chi connectivity index (χ3v) is 8.40. The van der Waals surface area contributed by atoms with Gasteiger partial charge in [-0.2, -0.15) is 0 Å². The van der Waals surface area contributed by atoms with Crippen molar-refractivity contribution in [2.75, 3.05) is 26.6 Å². The molecule has 0 radical (unpaired) electrons. The molecule has 0 saturated heterocycles. The SMILES string of the molecule is COc1cc(C(=O)NNC(=O)c2cc(C)ccc2NC(=O)C23CC4CC(CC(C4)C2)C3)cc(OC)c1OC. The number of carbonyl (C=O) groups excluding carboxylic acids is 3. The first kappa shape index (κ1) is 25.9. The van der Waals surface area contributed by atoms with E-state index in [9.17, 15) is 14.4 Å². The molecule has 4 fully saturated rings. The molecule has 6 rings (SSSR count). The molecule has 4 aliphatic rings. The molecule has 9 heteroatoms. The number of nitrogens with one attached hydrogen (secondary N) is 3. The molecule has 3 N–H and O–H groups in total. The average molecular weight is 522 g/mol. The maximum atomic E-state index is 13.6.